The number of hydrogen-bond acceptors (Lipinski definition) is 4. The molecule has 0 aliphatic heterocycles. The van der Waals surface area contributed by atoms with Crippen molar-refractivity contribution in [2.45, 2.75) is 52.9 Å². The van der Waals surface area contributed by atoms with E-state index in [9.17, 15) is 4.79 Å². The molecule has 0 bridgehead atoms. The van der Waals surface area contributed by atoms with E-state index in [2.05, 4.69) is 24.0 Å². The van der Waals surface area contributed by atoms with Gasteiger partial charge in [-0.3, -0.25) is 4.79 Å². The zero-order chi connectivity index (χ0) is 12.0. The van der Waals surface area contributed by atoms with Gasteiger partial charge in [-0.2, -0.15) is 4.98 Å². The van der Waals surface area contributed by atoms with Gasteiger partial charge in [0, 0.05) is 12.8 Å². The van der Waals surface area contributed by atoms with E-state index >= 15 is 0 Å². The number of aromatic nitrogens is 2. The highest BCUT2D eigenvalue weighted by Crippen LogP contribution is 2.07. The number of Topliss-reactive ketones (excluding diaryl/α,β-unsaturated/α-hetero) is 1. The van der Waals surface area contributed by atoms with Crippen LogP contribution in [0.15, 0.2) is 4.52 Å². The Kier molecular flexibility index (Phi) is 5.15. The Morgan fingerprint density at radius 2 is 2.19 bits per heavy atom. The molecular weight excluding hydrogens is 204 g/mol. The van der Waals surface area contributed by atoms with Crippen LogP contribution in [-0.4, -0.2) is 15.9 Å². The van der Waals surface area contributed by atoms with E-state index in [1.807, 2.05) is 6.92 Å². The van der Waals surface area contributed by atoms with Crippen molar-refractivity contribution in [1.29, 1.82) is 0 Å². The average Bonchev–Trinajstić information content (AvgIpc) is 2.63. The molecule has 0 saturated heterocycles. The average molecular weight is 224 g/mol. The molecule has 0 radical (unpaired) electrons. The third-order valence-electron chi connectivity index (χ3n) is 2.33. The van der Waals surface area contributed by atoms with Crippen molar-refractivity contribution >= 4 is 5.78 Å². The predicted molar refractivity (Wildman–Crippen MR) is 61.1 cm³/mol. The Bertz CT molecular complexity index is 332. The maximum atomic E-state index is 11.4. The van der Waals surface area contributed by atoms with Gasteiger partial charge in [0.25, 0.3) is 0 Å². The Morgan fingerprint density at radius 3 is 2.81 bits per heavy atom. The van der Waals surface area contributed by atoms with E-state index in [0.717, 1.165) is 19.3 Å². The Balaban J connectivity index is 2.42. The fourth-order valence-corrected chi connectivity index (χ4v) is 1.42. The third kappa shape index (κ3) is 4.55. The van der Waals surface area contributed by atoms with Gasteiger partial charge in [0.15, 0.2) is 5.82 Å². The summed E-state index contributed by atoms with van der Waals surface area (Å²) in [4.78, 5) is 15.6. The minimum Gasteiger partial charge on any atom is -0.339 e. The van der Waals surface area contributed by atoms with Crippen LogP contribution in [0.3, 0.4) is 0 Å². The Morgan fingerprint density at radius 1 is 1.44 bits per heavy atom. The number of carbonyl (C=O) groups excluding carboxylic acids is 1. The third-order valence-corrected chi connectivity index (χ3v) is 2.33. The number of hydrogen-bond donors (Lipinski definition) is 0. The quantitative estimate of drug-likeness (QED) is 0.714. The Hall–Kier alpha value is -1.19. The standard InChI is InChI=1S/C12H20N2O2/c1-4-5-10(15)8-12-13-11(14-16-12)7-6-9(2)3/h9H,4-8H2,1-3H3. The monoisotopic (exact) mass is 224 g/mol. The molecule has 90 valence electrons. The molecule has 0 spiro atoms. The van der Waals surface area contributed by atoms with Crippen molar-refractivity contribution in [1.82, 2.24) is 10.1 Å². The van der Waals surface area contributed by atoms with Gasteiger partial charge in [-0.15, -0.1) is 0 Å². The van der Waals surface area contributed by atoms with Crippen molar-refractivity contribution in [3.63, 3.8) is 0 Å². The number of aryl methyl sites for hydroxylation is 1. The van der Waals surface area contributed by atoms with E-state index in [1.54, 1.807) is 0 Å². The van der Waals surface area contributed by atoms with Gasteiger partial charge in [0.2, 0.25) is 5.89 Å². The molecule has 0 saturated carbocycles. The number of nitrogens with zero attached hydrogens (tertiary/aromatic N) is 2. The second-order valence-corrected chi connectivity index (χ2v) is 4.50. The molecule has 1 aromatic heterocycles. The van der Waals surface area contributed by atoms with Gasteiger partial charge in [-0.1, -0.05) is 25.9 Å². The zero-order valence-electron chi connectivity index (χ0n) is 10.3. The molecule has 1 aromatic rings. The summed E-state index contributed by atoms with van der Waals surface area (Å²) in [7, 11) is 0. The first-order valence-corrected chi connectivity index (χ1v) is 5.95. The van der Waals surface area contributed by atoms with Crippen LogP contribution in [-0.2, 0) is 17.6 Å². The van der Waals surface area contributed by atoms with Gasteiger partial charge in [-0.05, 0) is 18.8 Å². The van der Waals surface area contributed by atoms with E-state index in [-0.39, 0.29) is 12.2 Å². The molecule has 1 heterocycles. The van der Waals surface area contributed by atoms with E-state index in [0.29, 0.717) is 24.1 Å². The molecule has 0 aromatic carbocycles. The molecule has 0 N–H and O–H groups in total. The zero-order valence-corrected chi connectivity index (χ0v) is 10.3. The summed E-state index contributed by atoms with van der Waals surface area (Å²) < 4.78 is 5.03. The molecule has 0 aliphatic carbocycles. The van der Waals surface area contributed by atoms with Crippen LogP contribution in [0.2, 0.25) is 0 Å². The van der Waals surface area contributed by atoms with Crippen LogP contribution in [0.25, 0.3) is 0 Å². The van der Waals surface area contributed by atoms with Crippen LogP contribution >= 0.6 is 0 Å². The lowest BCUT2D eigenvalue weighted by atomic mass is 10.1. The molecule has 1 rings (SSSR count). The fourth-order valence-electron chi connectivity index (χ4n) is 1.42. The van der Waals surface area contributed by atoms with Gasteiger partial charge in [0.05, 0.1) is 6.42 Å². The molecule has 0 atom stereocenters. The highest BCUT2D eigenvalue weighted by molar-refractivity contribution is 5.79. The summed E-state index contributed by atoms with van der Waals surface area (Å²) in [5.41, 5.74) is 0. The molecule has 16 heavy (non-hydrogen) atoms. The number of carbonyl (C=O) groups is 1. The van der Waals surface area contributed by atoms with E-state index in [4.69, 9.17) is 4.52 Å². The van der Waals surface area contributed by atoms with Crippen molar-refractivity contribution in [3.05, 3.63) is 11.7 Å². The summed E-state index contributed by atoms with van der Waals surface area (Å²) in [5, 5.41) is 3.86. The lowest BCUT2D eigenvalue weighted by molar-refractivity contribution is -0.118. The maximum absolute atomic E-state index is 11.4. The largest absolute Gasteiger partial charge is 0.339 e. The number of rotatable bonds is 7. The lowest BCUT2D eigenvalue weighted by Gasteiger charge is -1.98. The smallest absolute Gasteiger partial charge is 0.234 e. The molecule has 4 nitrogen and oxygen atoms in total. The van der Waals surface area contributed by atoms with Gasteiger partial charge in [-0.25, -0.2) is 0 Å². The normalized spacial score (nSPS) is 11.0. The van der Waals surface area contributed by atoms with Crippen LogP contribution in [0.4, 0.5) is 0 Å². The van der Waals surface area contributed by atoms with Gasteiger partial charge in [0.1, 0.15) is 5.78 Å². The molecular formula is C12H20N2O2. The second kappa shape index (κ2) is 6.40. The van der Waals surface area contributed by atoms with Crippen molar-refractivity contribution in [2.24, 2.45) is 5.92 Å². The van der Waals surface area contributed by atoms with Crippen molar-refractivity contribution in [2.75, 3.05) is 0 Å². The summed E-state index contributed by atoms with van der Waals surface area (Å²) in [6.07, 6.45) is 3.60. The van der Waals surface area contributed by atoms with Crippen LogP contribution in [0, 0.1) is 5.92 Å². The molecule has 0 amide bonds. The predicted octanol–water partition coefficient (Wildman–Crippen LogP) is 2.57. The molecule has 0 fully saturated rings. The molecule has 0 unspecified atom stereocenters. The number of ketones is 1. The maximum Gasteiger partial charge on any atom is 0.234 e. The van der Waals surface area contributed by atoms with Crippen LogP contribution in [0.1, 0.15) is 51.7 Å². The van der Waals surface area contributed by atoms with Crippen LogP contribution < -0.4 is 0 Å². The minimum atomic E-state index is 0.168. The first kappa shape index (κ1) is 12.9. The van der Waals surface area contributed by atoms with E-state index < -0.39 is 0 Å². The van der Waals surface area contributed by atoms with Crippen molar-refractivity contribution < 1.29 is 9.32 Å². The van der Waals surface area contributed by atoms with Crippen LogP contribution in [0.5, 0.6) is 0 Å². The SMILES string of the molecule is CCCC(=O)Cc1nc(CCC(C)C)no1. The minimum absolute atomic E-state index is 0.168. The van der Waals surface area contributed by atoms with Crippen molar-refractivity contribution in [3.8, 4) is 0 Å². The van der Waals surface area contributed by atoms with E-state index in [1.165, 1.54) is 0 Å². The lowest BCUT2D eigenvalue weighted by Crippen LogP contribution is -2.02. The summed E-state index contributed by atoms with van der Waals surface area (Å²) in [6.45, 7) is 6.30. The topological polar surface area (TPSA) is 56.0 Å². The fraction of sp³-hybridized carbons (Fsp3) is 0.750. The second-order valence-electron chi connectivity index (χ2n) is 4.50. The summed E-state index contributed by atoms with van der Waals surface area (Å²) in [5.74, 6) is 1.97. The molecule has 4 heteroatoms. The summed E-state index contributed by atoms with van der Waals surface area (Å²) in [6, 6.07) is 0. The molecule has 0 aliphatic rings. The highest BCUT2D eigenvalue weighted by Gasteiger charge is 2.10. The highest BCUT2D eigenvalue weighted by atomic mass is 16.5. The first-order valence-electron chi connectivity index (χ1n) is 5.95. The van der Waals surface area contributed by atoms with Gasteiger partial charge >= 0.3 is 0 Å². The van der Waals surface area contributed by atoms with Gasteiger partial charge < -0.3 is 4.52 Å². The Labute approximate surface area is 96.4 Å². The first-order chi connectivity index (χ1) is 7.61. The summed E-state index contributed by atoms with van der Waals surface area (Å²) >= 11 is 0.